The molecule has 4 nitrogen and oxygen atoms in total. The van der Waals surface area contributed by atoms with Crippen LogP contribution < -0.4 is 11.1 Å². The molecule has 1 aromatic rings. The molecule has 106 valence electrons. The molecule has 4 N–H and O–H groups in total. The van der Waals surface area contributed by atoms with Crippen LogP contribution in [0.25, 0.3) is 0 Å². The number of nitrogens with one attached hydrogen (secondary N) is 1. The van der Waals surface area contributed by atoms with E-state index >= 15 is 0 Å². The van der Waals surface area contributed by atoms with Gasteiger partial charge in [-0.25, -0.2) is 0 Å². The number of nitrogens with two attached hydrogens (primary N) is 1. The molecule has 0 radical (unpaired) electrons. The van der Waals surface area contributed by atoms with Crippen LogP contribution in [0.15, 0.2) is 30.3 Å². The van der Waals surface area contributed by atoms with E-state index in [4.69, 9.17) is 10.8 Å². The van der Waals surface area contributed by atoms with Gasteiger partial charge in [0, 0.05) is 31.7 Å². The van der Waals surface area contributed by atoms with Crippen molar-refractivity contribution in [1.29, 1.82) is 0 Å². The molecule has 1 atom stereocenters. The Hall–Kier alpha value is -0.940. The highest BCUT2D eigenvalue weighted by atomic mass is 16.3. The van der Waals surface area contributed by atoms with E-state index in [-0.39, 0.29) is 12.1 Å². The smallest absolute Gasteiger partial charge is 0.0556 e. The second-order valence-electron chi connectivity index (χ2n) is 5.43. The van der Waals surface area contributed by atoms with Crippen molar-refractivity contribution in [3.8, 4) is 0 Å². The minimum atomic E-state index is -0.0320. The molecule has 0 bridgehead atoms. The Morgan fingerprint density at radius 1 is 1.32 bits per heavy atom. The lowest BCUT2D eigenvalue weighted by atomic mass is 9.88. The van der Waals surface area contributed by atoms with Gasteiger partial charge in [0.15, 0.2) is 0 Å². The van der Waals surface area contributed by atoms with Gasteiger partial charge in [-0.2, -0.15) is 0 Å². The minimum Gasteiger partial charge on any atom is -0.395 e. The number of β-amino-alcohol motifs (C(OH)–C–C–N with tert-alkyl or cyclic N) is 1. The first-order valence-corrected chi connectivity index (χ1v) is 7.10. The normalized spacial score (nSPS) is 24.5. The largest absolute Gasteiger partial charge is 0.395 e. The van der Waals surface area contributed by atoms with Crippen LogP contribution in [0.3, 0.4) is 0 Å². The fraction of sp³-hybridized carbons (Fsp3) is 0.600. The first kappa shape index (κ1) is 14.5. The molecule has 0 amide bonds. The third kappa shape index (κ3) is 4.01. The van der Waals surface area contributed by atoms with E-state index in [1.807, 2.05) is 6.07 Å². The van der Waals surface area contributed by atoms with Gasteiger partial charge in [-0.3, -0.25) is 4.90 Å². The highest BCUT2D eigenvalue weighted by molar-refractivity contribution is 5.14. The molecule has 1 saturated heterocycles. The van der Waals surface area contributed by atoms with Crippen LogP contribution in [0.2, 0.25) is 0 Å². The van der Waals surface area contributed by atoms with Gasteiger partial charge in [-0.05, 0) is 24.9 Å². The van der Waals surface area contributed by atoms with Crippen LogP contribution in [0, 0.1) is 0 Å². The second kappa shape index (κ2) is 7.01. The van der Waals surface area contributed by atoms with Crippen LogP contribution in [-0.2, 0) is 6.54 Å². The van der Waals surface area contributed by atoms with E-state index in [1.54, 1.807) is 0 Å². The summed E-state index contributed by atoms with van der Waals surface area (Å²) in [6.07, 6.45) is 2.25. The van der Waals surface area contributed by atoms with Crippen molar-refractivity contribution in [2.75, 3.05) is 32.8 Å². The zero-order valence-electron chi connectivity index (χ0n) is 11.5. The molecule has 1 aliphatic heterocycles. The lowest BCUT2D eigenvalue weighted by molar-refractivity contribution is 0.114. The molecule has 1 aromatic carbocycles. The Labute approximate surface area is 115 Å². The van der Waals surface area contributed by atoms with E-state index in [0.29, 0.717) is 13.1 Å². The van der Waals surface area contributed by atoms with Gasteiger partial charge in [0.05, 0.1) is 6.61 Å². The third-order valence-corrected chi connectivity index (χ3v) is 3.91. The molecule has 2 rings (SSSR count). The summed E-state index contributed by atoms with van der Waals surface area (Å²) < 4.78 is 0. The van der Waals surface area contributed by atoms with Crippen LogP contribution in [0.1, 0.15) is 18.4 Å². The molecule has 4 heteroatoms. The number of piperidine rings is 1. The van der Waals surface area contributed by atoms with E-state index in [0.717, 1.165) is 32.5 Å². The lowest BCUT2D eigenvalue weighted by Gasteiger charge is -2.43. The first-order valence-electron chi connectivity index (χ1n) is 7.10. The predicted molar refractivity (Wildman–Crippen MR) is 77.8 cm³/mol. The van der Waals surface area contributed by atoms with Crippen LogP contribution >= 0.6 is 0 Å². The Balaban J connectivity index is 1.95. The zero-order valence-corrected chi connectivity index (χ0v) is 11.5. The second-order valence-corrected chi connectivity index (χ2v) is 5.43. The Bertz CT molecular complexity index is 371. The SMILES string of the molecule is NCC1(NCCO)CCCN(Cc2ccccc2)C1. The third-order valence-electron chi connectivity index (χ3n) is 3.91. The number of hydrogen-bond acceptors (Lipinski definition) is 4. The minimum absolute atomic E-state index is 0.0320. The summed E-state index contributed by atoms with van der Waals surface area (Å²) in [4.78, 5) is 2.45. The number of aliphatic hydroxyl groups is 1. The van der Waals surface area contributed by atoms with Crippen LogP contribution in [0.4, 0.5) is 0 Å². The Morgan fingerprint density at radius 3 is 2.79 bits per heavy atom. The van der Waals surface area contributed by atoms with Crippen molar-refractivity contribution in [2.45, 2.75) is 24.9 Å². The highest BCUT2D eigenvalue weighted by Crippen LogP contribution is 2.21. The van der Waals surface area contributed by atoms with Crippen molar-refractivity contribution in [2.24, 2.45) is 5.73 Å². The molecule has 19 heavy (non-hydrogen) atoms. The van der Waals surface area contributed by atoms with E-state index in [9.17, 15) is 0 Å². The molecule has 0 saturated carbocycles. The number of nitrogens with zero attached hydrogens (tertiary/aromatic N) is 1. The molecule has 1 aliphatic rings. The standard InChI is InChI=1S/C15H25N3O/c16-12-15(17-8-10-19)7-4-9-18(13-15)11-14-5-2-1-3-6-14/h1-3,5-6,17,19H,4,7-13,16H2. The molecular formula is C15H25N3O. The maximum absolute atomic E-state index is 8.99. The Kier molecular flexibility index (Phi) is 5.34. The van der Waals surface area contributed by atoms with E-state index in [2.05, 4.69) is 34.5 Å². The van der Waals surface area contributed by atoms with Crippen LogP contribution in [-0.4, -0.2) is 48.3 Å². The fourth-order valence-corrected chi connectivity index (χ4v) is 2.91. The average Bonchev–Trinajstić information content (AvgIpc) is 2.46. The summed E-state index contributed by atoms with van der Waals surface area (Å²) >= 11 is 0. The summed E-state index contributed by atoms with van der Waals surface area (Å²) in [5.41, 5.74) is 7.28. The molecular weight excluding hydrogens is 238 g/mol. The fourth-order valence-electron chi connectivity index (χ4n) is 2.91. The van der Waals surface area contributed by atoms with Crippen molar-refractivity contribution >= 4 is 0 Å². The van der Waals surface area contributed by atoms with Crippen molar-refractivity contribution < 1.29 is 5.11 Å². The first-order chi connectivity index (χ1) is 9.28. The maximum Gasteiger partial charge on any atom is 0.0556 e. The number of benzene rings is 1. The maximum atomic E-state index is 8.99. The van der Waals surface area contributed by atoms with E-state index < -0.39 is 0 Å². The number of rotatable bonds is 6. The van der Waals surface area contributed by atoms with Gasteiger partial charge in [0.2, 0.25) is 0 Å². The summed E-state index contributed by atoms with van der Waals surface area (Å²) in [5.74, 6) is 0. The summed E-state index contributed by atoms with van der Waals surface area (Å²) in [6, 6.07) is 10.5. The monoisotopic (exact) mass is 263 g/mol. The molecule has 0 aliphatic carbocycles. The summed E-state index contributed by atoms with van der Waals surface area (Å²) in [5, 5.41) is 12.4. The van der Waals surface area contributed by atoms with Gasteiger partial charge in [0.1, 0.15) is 0 Å². The van der Waals surface area contributed by atoms with Gasteiger partial charge < -0.3 is 16.2 Å². The van der Waals surface area contributed by atoms with Crippen molar-refractivity contribution in [3.63, 3.8) is 0 Å². The summed E-state index contributed by atoms with van der Waals surface area (Å²) in [6.45, 7) is 4.47. The van der Waals surface area contributed by atoms with Crippen LogP contribution in [0.5, 0.6) is 0 Å². The van der Waals surface area contributed by atoms with Gasteiger partial charge in [0.25, 0.3) is 0 Å². The van der Waals surface area contributed by atoms with Crippen molar-refractivity contribution in [3.05, 3.63) is 35.9 Å². The topological polar surface area (TPSA) is 61.5 Å². The summed E-state index contributed by atoms with van der Waals surface area (Å²) in [7, 11) is 0. The quantitative estimate of drug-likeness (QED) is 0.702. The lowest BCUT2D eigenvalue weighted by Crippen LogP contribution is -2.61. The molecule has 1 heterocycles. The van der Waals surface area contributed by atoms with Gasteiger partial charge in [-0.15, -0.1) is 0 Å². The molecule has 0 spiro atoms. The average molecular weight is 263 g/mol. The molecule has 1 fully saturated rings. The number of aliphatic hydroxyl groups excluding tert-OH is 1. The number of hydrogen-bond donors (Lipinski definition) is 3. The predicted octanol–water partition coefficient (Wildman–Crippen LogP) is 0.562. The molecule has 0 aromatic heterocycles. The Morgan fingerprint density at radius 2 is 2.11 bits per heavy atom. The zero-order chi connectivity index (χ0) is 13.6. The number of likely N-dealkylation sites (tertiary alicyclic amines) is 1. The molecule has 1 unspecified atom stereocenters. The van der Waals surface area contributed by atoms with E-state index in [1.165, 1.54) is 5.56 Å². The van der Waals surface area contributed by atoms with Gasteiger partial charge in [-0.1, -0.05) is 30.3 Å². The van der Waals surface area contributed by atoms with Crippen molar-refractivity contribution in [1.82, 2.24) is 10.2 Å². The van der Waals surface area contributed by atoms with Gasteiger partial charge >= 0.3 is 0 Å². The highest BCUT2D eigenvalue weighted by Gasteiger charge is 2.33.